The van der Waals surface area contributed by atoms with Crippen molar-refractivity contribution in [3.8, 4) is 17.1 Å². The third kappa shape index (κ3) is 2.19. The van der Waals surface area contributed by atoms with E-state index in [1.807, 2.05) is 0 Å². The molecule has 122 valence electrons. The number of nitrogens with zero attached hydrogens (tertiary/aromatic N) is 2. The summed E-state index contributed by atoms with van der Waals surface area (Å²) in [6.07, 6.45) is 2.34. The van der Waals surface area contributed by atoms with Crippen molar-refractivity contribution >= 4 is 39.7 Å². The molecule has 0 aromatic carbocycles. The maximum atomic E-state index is 12.1. The Bertz CT molecular complexity index is 1040. The molecule has 24 heavy (non-hydrogen) atoms. The molecular formula is C15H12IN5O3. The quantitative estimate of drug-likeness (QED) is 0.522. The molecule has 0 fully saturated rings. The van der Waals surface area contributed by atoms with Crippen molar-refractivity contribution in [1.29, 1.82) is 0 Å². The number of amides is 1. The van der Waals surface area contributed by atoms with Crippen LogP contribution in [0.5, 0.6) is 5.88 Å². The average Bonchev–Trinajstić information content (AvgIpc) is 2.91. The molecule has 0 saturated carbocycles. The lowest BCUT2D eigenvalue weighted by atomic mass is 10.1. The lowest BCUT2D eigenvalue weighted by Crippen LogP contribution is -2.31. The van der Waals surface area contributed by atoms with Crippen LogP contribution in [-0.4, -0.2) is 39.5 Å². The number of carbonyl (C=O) groups excluding carboxylic acids is 1. The van der Waals surface area contributed by atoms with E-state index in [-0.39, 0.29) is 11.8 Å². The summed E-state index contributed by atoms with van der Waals surface area (Å²) in [6.45, 7) is 0.609. The number of nitrogens with one attached hydrogen (secondary N) is 3. The first-order valence-electron chi connectivity index (χ1n) is 7.22. The topological polar surface area (TPSA) is 113 Å². The maximum absolute atomic E-state index is 12.1. The number of hydrogen-bond acceptors (Lipinski definition) is 5. The Morgan fingerprint density at radius 1 is 1.29 bits per heavy atom. The van der Waals surface area contributed by atoms with Crippen LogP contribution in [0.2, 0.25) is 0 Å². The highest BCUT2D eigenvalue weighted by molar-refractivity contribution is 14.1. The highest BCUT2D eigenvalue weighted by Crippen LogP contribution is 2.33. The zero-order valence-corrected chi connectivity index (χ0v) is 14.7. The number of fused-ring (bicyclic) bond motifs is 2. The Morgan fingerprint density at radius 2 is 2.12 bits per heavy atom. The van der Waals surface area contributed by atoms with Crippen LogP contribution in [0, 0.1) is 3.57 Å². The van der Waals surface area contributed by atoms with Gasteiger partial charge in [0.2, 0.25) is 0 Å². The molecule has 1 amide bonds. The van der Waals surface area contributed by atoms with Crippen molar-refractivity contribution in [3.63, 3.8) is 0 Å². The molecule has 0 bridgehead atoms. The number of halogens is 1. The summed E-state index contributed by atoms with van der Waals surface area (Å²) in [6, 6.07) is 1.80. The molecule has 3 aromatic rings. The number of carbonyl (C=O) groups is 1. The van der Waals surface area contributed by atoms with Gasteiger partial charge < -0.3 is 20.0 Å². The van der Waals surface area contributed by atoms with E-state index in [2.05, 4.69) is 47.8 Å². The van der Waals surface area contributed by atoms with Crippen molar-refractivity contribution in [2.24, 2.45) is 0 Å². The van der Waals surface area contributed by atoms with Gasteiger partial charge in [0.25, 0.3) is 11.8 Å². The number of hydrogen-bond donors (Lipinski definition) is 3. The number of rotatable bonds is 2. The van der Waals surface area contributed by atoms with Gasteiger partial charge in [0.15, 0.2) is 5.65 Å². The Kier molecular flexibility index (Phi) is 3.52. The summed E-state index contributed by atoms with van der Waals surface area (Å²) in [5, 5.41) is 2.85. The lowest BCUT2D eigenvalue weighted by Gasteiger charge is -2.11. The van der Waals surface area contributed by atoms with Gasteiger partial charge in [0.05, 0.1) is 21.9 Å². The average molecular weight is 437 g/mol. The molecule has 1 aliphatic rings. The van der Waals surface area contributed by atoms with Gasteiger partial charge in [-0.25, -0.2) is 9.97 Å². The van der Waals surface area contributed by atoms with E-state index in [4.69, 9.17) is 4.74 Å². The Hall–Kier alpha value is -2.43. The number of aromatic amines is 2. The largest absolute Gasteiger partial charge is 0.477 e. The number of ether oxygens (including phenoxy) is 1. The minimum absolute atomic E-state index is 0.0270. The fourth-order valence-corrected chi connectivity index (χ4v) is 3.83. The highest BCUT2D eigenvalue weighted by atomic mass is 127. The predicted molar refractivity (Wildman–Crippen MR) is 95.3 cm³/mol. The SMILES string of the molecule is COc1nc2c(-c3[nH]c4c(c3I)C(=O)NCC4)ccnc2[nH]c1=O. The van der Waals surface area contributed by atoms with Crippen LogP contribution in [0.4, 0.5) is 0 Å². The van der Waals surface area contributed by atoms with Crippen LogP contribution >= 0.6 is 22.6 Å². The second-order valence-corrected chi connectivity index (χ2v) is 6.38. The van der Waals surface area contributed by atoms with Crippen LogP contribution in [0.25, 0.3) is 22.4 Å². The minimum Gasteiger partial charge on any atom is -0.477 e. The fraction of sp³-hybridized carbons (Fsp3) is 0.200. The van der Waals surface area contributed by atoms with Gasteiger partial charge in [-0.1, -0.05) is 0 Å². The molecule has 0 unspecified atom stereocenters. The number of H-pyrrole nitrogens is 2. The maximum Gasteiger partial charge on any atom is 0.312 e. The summed E-state index contributed by atoms with van der Waals surface area (Å²) >= 11 is 2.15. The smallest absolute Gasteiger partial charge is 0.312 e. The van der Waals surface area contributed by atoms with Crippen molar-refractivity contribution in [2.75, 3.05) is 13.7 Å². The zero-order chi connectivity index (χ0) is 16.8. The van der Waals surface area contributed by atoms with Crippen molar-refractivity contribution < 1.29 is 9.53 Å². The predicted octanol–water partition coefficient (Wildman–Crippen LogP) is 1.21. The molecule has 0 saturated heterocycles. The molecule has 4 rings (SSSR count). The third-order valence-corrected chi connectivity index (χ3v) is 5.01. The van der Waals surface area contributed by atoms with Gasteiger partial charge >= 0.3 is 5.56 Å². The molecule has 0 radical (unpaired) electrons. The summed E-state index contributed by atoms with van der Waals surface area (Å²) in [7, 11) is 1.39. The first-order chi connectivity index (χ1) is 11.6. The third-order valence-electron chi connectivity index (χ3n) is 3.93. The minimum atomic E-state index is -0.436. The second kappa shape index (κ2) is 5.58. The normalized spacial score (nSPS) is 13.7. The van der Waals surface area contributed by atoms with Gasteiger partial charge in [0.1, 0.15) is 5.52 Å². The van der Waals surface area contributed by atoms with Gasteiger partial charge in [-0.2, -0.15) is 0 Å². The molecule has 9 heteroatoms. The van der Waals surface area contributed by atoms with E-state index < -0.39 is 5.56 Å². The van der Waals surface area contributed by atoms with Gasteiger partial charge in [-0.3, -0.25) is 9.59 Å². The molecule has 0 spiro atoms. The van der Waals surface area contributed by atoms with Crippen LogP contribution < -0.4 is 15.6 Å². The molecule has 1 aliphatic heterocycles. The van der Waals surface area contributed by atoms with Gasteiger partial charge in [0, 0.05) is 30.4 Å². The lowest BCUT2D eigenvalue weighted by molar-refractivity contribution is 0.0945. The number of pyridine rings is 1. The molecule has 3 aromatic heterocycles. The molecule has 8 nitrogen and oxygen atoms in total. The van der Waals surface area contributed by atoms with Crippen LogP contribution in [-0.2, 0) is 6.42 Å². The Labute approximate surface area is 149 Å². The van der Waals surface area contributed by atoms with E-state index in [1.54, 1.807) is 12.3 Å². The van der Waals surface area contributed by atoms with E-state index in [0.717, 1.165) is 26.9 Å². The molecule has 3 N–H and O–H groups in total. The molecule has 4 heterocycles. The highest BCUT2D eigenvalue weighted by Gasteiger charge is 2.26. The van der Waals surface area contributed by atoms with E-state index >= 15 is 0 Å². The van der Waals surface area contributed by atoms with E-state index in [1.165, 1.54) is 7.11 Å². The van der Waals surface area contributed by atoms with Crippen LogP contribution in [0.3, 0.4) is 0 Å². The summed E-state index contributed by atoms with van der Waals surface area (Å²) in [4.78, 5) is 38.4. The van der Waals surface area contributed by atoms with Crippen LogP contribution in [0.15, 0.2) is 17.1 Å². The summed E-state index contributed by atoms with van der Waals surface area (Å²) in [5.41, 5.74) is 3.54. The fourth-order valence-electron chi connectivity index (χ4n) is 2.84. The number of aromatic nitrogens is 4. The Balaban J connectivity index is 2.01. The molecule has 0 aliphatic carbocycles. The first kappa shape index (κ1) is 15.1. The first-order valence-corrected chi connectivity index (χ1v) is 8.30. The summed E-state index contributed by atoms with van der Waals surface area (Å²) in [5.74, 6) is -0.110. The number of methoxy groups -OCH3 is 1. The summed E-state index contributed by atoms with van der Waals surface area (Å²) < 4.78 is 5.83. The monoisotopic (exact) mass is 437 g/mol. The van der Waals surface area contributed by atoms with Crippen molar-refractivity contribution in [3.05, 3.63) is 37.4 Å². The van der Waals surface area contributed by atoms with E-state index in [0.29, 0.717) is 23.3 Å². The molecular weight excluding hydrogens is 425 g/mol. The zero-order valence-electron chi connectivity index (χ0n) is 12.6. The Morgan fingerprint density at radius 3 is 2.88 bits per heavy atom. The van der Waals surface area contributed by atoms with Gasteiger partial charge in [-0.05, 0) is 28.7 Å². The van der Waals surface area contributed by atoms with Crippen molar-refractivity contribution in [2.45, 2.75) is 6.42 Å². The van der Waals surface area contributed by atoms with Gasteiger partial charge in [-0.15, -0.1) is 0 Å². The standard InChI is InChI=1S/C15H12IN5O3/c1-24-15-14(23)21-12-11(20-15)6(2-4-17-12)10-9(16)8-7(19-10)3-5-18-13(8)22/h2,4,19H,3,5H2,1H3,(H,18,22)(H,17,21,23). The van der Waals surface area contributed by atoms with E-state index in [9.17, 15) is 9.59 Å². The molecule has 0 atom stereocenters. The van der Waals surface area contributed by atoms with Crippen molar-refractivity contribution in [1.82, 2.24) is 25.3 Å². The van der Waals surface area contributed by atoms with Crippen LogP contribution in [0.1, 0.15) is 16.1 Å². The second-order valence-electron chi connectivity index (χ2n) is 5.30.